The van der Waals surface area contributed by atoms with Gasteiger partial charge in [-0.15, -0.1) is 11.3 Å². The van der Waals surface area contributed by atoms with Gasteiger partial charge in [0.2, 0.25) is 5.91 Å². The highest BCUT2D eigenvalue weighted by molar-refractivity contribution is 7.73. The Morgan fingerprint density at radius 3 is 2.65 bits per heavy atom. The van der Waals surface area contributed by atoms with Crippen molar-refractivity contribution in [3.63, 3.8) is 0 Å². The summed E-state index contributed by atoms with van der Waals surface area (Å²) in [6.07, 6.45) is 0.349. The molecule has 3 nitrogen and oxygen atoms in total. The maximum Gasteiger partial charge on any atom is 0.225 e. The Balaban J connectivity index is 1.99. The Labute approximate surface area is 132 Å². The van der Waals surface area contributed by atoms with E-state index in [9.17, 15) is 4.79 Å². The topological polar surface area (TPSA) is 44.9 Å². The van der Waals surface area contributed by atoms with Crippen molar-refractivity contribution < 1.29 is 4.79 Å². The third-order valence-electron chi connectivity index (χ3n) is 2.99. The maximum absolute atomic E-state index is 12.0. The minimum absolute atomic E-state index is 0.0131. The second kappa shape index (κ2) is 6.52. The van der Waals surface area contributed by atoms with Crippen molar-refractivity contribution in [3.8, 4) is 0 Å². The summed E-state index contributed by atoms with van der Waals surface area (Å²) >= 11 is 12.4. The summed E-state index contributed by atoms with van der Waals surface area (Å²) in [4.78, 5) is 16.1. The monoisotopic (exact) mass is 326 g/mol. The second-order valence-electron chi connectivity index (χ2n) is 4.58. The quantitative estimate of drug-likeness (QED) is 0.827. The summed E-state index contributed by atoms with van der Waals surface area (Å²) in [5.41, 5.74) is 2.00. The number of hydrogen-bond acceptors (Lipinski definition) is 3. The largest absolute Gasteiger partial charge is 0.349 e. The summed E-state index contributed by atoms with van der Waals surface area (Å²) in [5.74, 6) is -0.0131. The number of nitrogens with one attached hydrogen (secondary N) is 2. The molecule has 0 aliphatic rings. The van der Waals surface area contributed by atoms with Gasteiger partial charge in [0.15, 0.2) is 3.95 Å². The SMILES string of the molecule is Cc1[nH]c(=S)sc1CC(=O)NC(C)c1ccc(Cl)cc1. The molecule has 1 aromatic heterocycles. The summed E-state index contributed by atoms with van der Waals surface area (Å²) in [6, 6.07) is 7.42. The van der Waals surface area contributed by atoms with Gasteiger partial charge in [-0.05, 0) is 43.8 Å². The number of aryl methyl sites for hydroxylation is 1. The Morgan fingerprint density at radius 1 is 1.45 bits per heavy atom. The maximum atomic E-state index is 12.0. The highest BCUT2D eigenvalue weighted by atomic mass is 35.5. The number of amides is 1. The first-order chi connectivity index (χ1) is 9.45. The van der Waals surface area contributed by atoms with E-state index in [0.717, 1.165) is 16.1 Å². The van der Waals surface area contributed by atoms with E-state index in [1.807, 2.05) is 38.1 Å². The summed E-state index contributed by atoms with van der Waals surface area (Å²) in [7, 11) is 0. The fourth-order valence-electron chi connectivity index (χ4n) is 1.88. The van der Waals surface area contributed by atoms with Crippen LogP contribution in [0.5, 0.6) is 0 Å². The normalized spacial score (nSPS) is 12.2. The molecule has 0 spiro atoms. The fraction of sp³-hybridized carbons (Fsp3) is 0.286. The second-order valence-corrected chi connectivity index (χ2v) is 6.79. The van der Waals surface area contributed by atoms with Crippen LogP contribution < -0.4 is 5.32 Å². The number of halogens is 1. The van der Waals surface area contributed by atoms with Gasteiger partial charge in [-0.1, -0.05) is 23.7 Å². The lowest BCUT2D eigenvalue weighted by Crippen LogP contribution is -2.28. The van der Waals surface area contributed by atoms with Crippen LogP contribution in [-0.2, 0) is 11.2 Å². The standard InChI is InChI=1S/C14H15ClN2OS2/c1-8(10-3-5-11(15)6-4-10)16-13(18)7-12-9(2)17-14(19)20-12/h3-6,8H,7H2,1-2H3,(H,16,18)(H,17,19). The number of benzene rings is 1. The first-order valence-electron chi connectivity index (χ1n) is 6.19. The Hall–Kier alpha value is -1.17. The Kier molecular flexibility index (Phi) is 4.96. The molecule has 106 valence electrons. The van der Waals surface area contributed by atoms with Gasteiger partial charge in [0.25, 0.3) is 0 Å². The molecule has 2 aromatic rings. The van der Waals surface area contributed by atoms with Crippen molar-refractivity contribution in [2.75, 3.05) is 0 Å². The third-order valence-corrected chi connectivity index (χ3v) is 4.58. The van der Waals surface area contributed by atoms with Crippen molar-refractivity contribution in [2.45, 2.75) is 26.3 Å². The summed E-state index contributed by atoms with van der Waals surface area (Å²) in [5, 5.41) is 3.67. The smallest absolute Gasteiger partial charge is 0.225 e. The molecule has 1 heterocycles. The zero-order valence-electron chi connectivity index (χ0n) is 11.2. The molecule has 0 fully saturated rings. The predicted octanol–water partition coefficient (Wildman–Crippen LogP) is 4.19. The predicted molar refractivity (Wildman–Crippen MR) is 86.0 cm³/mol. The molecule has 2 rings (SSSR count). The molecule has 0 saturated carbocycles. The van der Waals surface area contributed by atoms with E-state index in [1.165, 1.54) is 11.3 Å². The van der Waals surface area contributed by atoms with Gasteiger partial charge in [-0.25, -0.2) is 0 Å². The number of aromatic nitrogens is 1. The third kappa shape index (κ3) is 3.91. The number of hydrogen-bond donors (Lipinski definition) is 2. The van der Waals surface area contributed by atoms with Crippen molar-refractivity contribution >= 4 is 41.1 Å². The van der Waals surface area contributed by atoms with Gasteiger partial charge in [0.1, 0.15) is 0 Å². The van der Waals surface area contributed by atoms with Gasteiger partial charge in [0.05, 0.1) is 12.5 Å². The van der Waals surface area contributed by atoms with Crippen molar-refractivity contribution in [3.05, 3.63) is 49.4 Å². The molecule has 20 heavy (non-hydrogen) atoms. The van der Waals surface area contributed by atoms with Crippen molar-refractivity contribution in [1.29, 1.82) is 0 Å². The zero-order valence-corrected chi connectivity index (χ0v) is 13.6. The van der Waals surface area contributed by atoms with Crippen LogP contribution in [0, 0.1) is 10.9 Å². The average Bonchev–Trinajstić information content (AvgIpc) is 2.68. The van der Waals surface area contributed by atoms with E-state index in [1.54, 1.807) is 0 Å². The molecule has 0 aliphatic heterocycles. The molecule has 0 bridgehead atoms. The zero-order chi connectivity index (χ0) is 14.7. The Bertz CT molecular complexity index is 661. The van der Waals surface area contributed by atoms with E-state index >= 15 is 0 Å². The molecule has 2 N–H and O–H groups in total. The molecule has 1 atom stereocenters. The minimum atomic E-state index is -0.0491. The van der Waals surface area contributed by atoms with Gasteiger partial charge in [-0.2, -0.15) is 0 Å². The summed E-state index contributed by atoms with van der Waals surface area (Å²) in [6.45, 7) is 3.88. The molecule has 0 radical (unpaired) electrons. The molecular weight excluding hydrogens is 312 g/mol. The van der Waals surface area contributed by atoms with Crippen LogP contribution in [0.1, 0.15) is 29.1 Å². The molecule has 0 aliphatic carbocycles. The van der Waals surface area contributed by atoms with Crippen LogP contribution >= 0.6 is 35.2 Å². The van der Waals surface area contributed by atoms with Gasteiger partial charge in [-0.3, -0.25) is 4.79 Å². The molecule has 6 heteroatoms. The highest BCUT2D eigenvalue weighted by Crippen LogP contribution is 2.18. The lowest BCUT2D eigenvalue weighted by atomic mass is 10.1. The van der Waals surface area contributed by atoms with Crippen LogP contribution in [0.4, 0.5) is 0 Å². The van der Waals surface area contributed by atoms with Crippen LogP contribution in [0.3, 0.4) is 0 Å². The summed E-state index contributed by atoms with van der Waals surface area (Å²) < 4.78 is 0.705. The molecule has 1 aromatic carbocycles. The van der Waals surface area contributed by atoms with E-state index in [0.29, 0.717) is 15.4 Å². The number of H-pyrrole nitrogens is 1. The first-order valence-corrected chi connectivity index (χ1v) is 7.79. The van der Waals surface area contributed by atoms with E-state index in [4.69, 9.17) is 23.8 Å². The van der Waals surface area contributed by atoms with Crippen molar-refractivity contribution in [1.82, 2.24) is 10.3 Å². The highest BCUT2D eigenvalue weighted by Gasteiger charge is 2.12. The molecule has 1 amide bonds. The lowest BCUT2D eigenvalue weighted by Gasteiger charge is -2.14. The van der Waals surface area contributed by atoms with E-state index in [2.05, 4.69) is 10.3 Å². The first kappa shape index (κ1) is 15.2. The molecule has 0 saturated heterocycles. The number of carbonyl (C=O) groups is 1. The van der Waals surface area contributed by atoms with E-state index < -0.39 is 0 Å². The number of aromatic amines is 1. The van der Waals surface area contributed by atoms with E-state index in [-0.39, 0.29) is 11.9 Å². The average molecular weight is 327 g/mol. The van der Waals surface area contributed by atoms with Crippen LogP contribution in [0.2, 0.25) is 5.02 Å². The van der Waals surface area contributed by atoms with Crippen LogP contribution in [-0.4, -0.2) is 10.9 Å². The lowest BCUT2D eigenvalue weighted by molar-refractivity contribution is -0.121. The van der Waals surface area contributed by atoms with Crippen LogP contribution in [0.25, 0.3) is 0 Å². The van der Waals surface area contributed by atoms with Gasteiger partial charge < -0.3 is 10.3 Å². The molecular formula is C14H15ClN2OS2. The number of thiazole rings is 1. The van der Waals surface area contributed by atoms with Crippen LogP contribution in [0.15, 0.2) is 24.3 Å². The van der Waals surface area contributed by atoms with Gasteiger partial charge >= 0.3 is 0 Å². The molecule has 1 unspecified atom stereocenters. The fourth-order valence-corrected chi connectivity index (χ4v) is 3.29. The Morgan fingerprint density at radius 2 is 2.10 bits per heavy atom. The number of rotatable bonds is 4. The number of carbonyl (C=O) groups excluding carboxylic acids is 1. The van der Waals surface area contributed by atoms with Crippen molar-refractivity contribution in [2.24, 2.45) is 0 Å². The van der Waals surface area contributed by atoms with Gasteiger partial charge in [0, 0.05) is 15.6 Å². The minimum Gasteiger partial charge on any atom is -0.349 e.